The Morgan fingerprint density at radius 1 is 1.50 bits per heavy atom. The molecule has 0 heterocycles. The van der Waals surface area contributed by atoms with E-state index in [1.807, 2.05) is 18.2 Å². The Kier molecular flexibility index (Phi) is 6.21. The molecule has 0 aliphatic heterocycles. The molecule has 0 fully saturated rings. The zero-order chi connectivity index (χ0) is 12.0. The fourth-order valence-corrected chi connectivity index (χ4v) is 2.84. The normalized spacial score (nSPS) is 14.8. The second kappa shape index (κ2) is 7.17. The van der Waals surface area contributed by atoms with E-state index in [4.69, 9.17) is 17.4 Å². The molecule has 0 radical (unpaired) electrons. The summed E-state index contributed by atoms with van der Waals surface area (Å²) in [6.07, 6.45) is 1.13. The van der Waals surface area contributed by atoms with Gasteiger partial charge in [-0.3, -0.25) is 11.3 Å². The Morgan fingerprint density at radius 2 is 2.25 bits per heavy atom. The molecule has 0 aliphatic carbocycles. The standard InChI is InChI=1S/C12H19ClN2S/c1-3-9(2)12(15-14)8-16-11-6-4-5-10(13)7-11/h4-7,9,12,15H,3,8,14H2,1-2H3. The summed E-state index contributed by atoms with van der Waals surface area (Å²) in [6.45, 7) is 4.39. The summed E-state index contributed by atoms with van der Waals surface area (Å²) in [5.41, 5.74) is 2.88. The van der Waals surface area contributed by atoms with E-state index >= 15 is 0 Å². The Hall–Kier alpha value is -0.220. The molecule has 2 atom stereocenters. The molecule has 4 heteroatoms. The molecule has 16 heavy (non-hydrogen) atoms. The molecule has 0 spiro atoms. The van der Waals surface area contributed by atoms with Gasteiger partial charge in [-0.05, 0) is 24.1 Å². The summed E-state index contributed by atoms with van der Waals surface area (Å²) in [5.74, 6) is 7.10. The van der Waals surface area contributed by atoms with Gasteiger partial charge in [-0.25, -0.2) is 0 Å². The molecule has 0 saturated heterocycles. The van der Waals surface area contributed by atoms with Crippen molar-refractivity contribution in [2.24, 2.45) is 11.8 Å². The van der Waals surface area contributed by atoms with E-state index in [2.05, 4.69) is 25.3 Å². The minimum Gasteiger partial charge on any atom is -0.271 e. The maximum Gasteiger partial charge on any atom is 0.0417 e. The number of hydrogen-bond donors (Lipinski definition) is 2. The molecule has 0 amide bonds. The van der Waals surface area contributed by atoms with Crippen molar-refractivity contribution in [3.63, 3.8) is 0 Å². The van der Waals surface area contributed by atoms with Gasteiger partial charge in [-0.2, -0.15) is 0 Å². The van der Waals surface area contributed by atoms with Crippen molar-refractivity contribution in [2.75, 3.05) is 5.75 Å². The quantitative estimate of drug-likeness (QED) is 0.467. The van der Waals surface area contributed by atoms with Crippen LogP contribution in [0.4, 0.5) is 0 Å². The van der Waals surface area contributed by atoms with Crippen LogP contribution < -0.4 is 11.3 Å². The highest BCUT2D eigenvalue weighted by Gasteiger charge is 2.14. The number of hydrazine groups is 1. The van der Waals surface area contributed by atoms with Crippen LogP contribution in [-0.2, 0) is 0 Å². The molecule has 1 aromatic carbocycles. The highest BCUT2D eigenvalue weighted by Crippen LogP contribution is 2.24. The molecule has 2 nitrogen and oxygen atoms in total. The van der Waals surface area contributed by atoms with Gasteiger partial charge in [0.15, 0.2) is 0 Å². The average molecular weight is 259 g/mol. The largest absolute Gasteiger partial charge is 0.271 e. The molecular weight excluding hydrogens is 240 g/mol. The van der Waals surface area contributed by atoms with E-state index in [1.54, 1.807) is 11.8 Å². The number of benzene rings is 1. The van der Waals surface area contributed by atoms with Crippen molar-refractivity contribution in [3.05, 3.63) is 29.3 Å². The third-order valence-electron chi connectivity index (χ3n) is 2.77. The van der Waals surface area contributed by atoms with E-state index in [0.717, 1.165) is 17.2 Å². The summed E-state index contributed by atoms with van der Waals surface area (Å²) >= 11 is 7.71. The first-order valence-corrected chi connectivity index (χ1v) is 6.88. The third-order valence-corrected chi connectivity index (χ3v) is 4.12. The SMILES string of the molecule is CCC(C)C(CSc1cccc(Cl)c1)NN. The number of nitrogens with two attached hydrogens (primary N) is 1. The van der Waals surface area contributed by atoms with Crippen LogP contribution in [0, 0.1) is 5.92 Å². The van der Waals surface area contributed by atoms with E-state index in [-0.39, 0.29) is 0 Å². The van der Waals surface area contributed by atoms with Crippen molar-refractivity contribution in [2.45, 2.75) is 31.2 Å². The lowest BCUT2D eigenvalue weighted by molar-refractivity contribution is 0.403. The van der Waals surface area contributed by atoms with Crippen LogP contribution in [0.15, 0.2) is 29.2 Å². The molecule has 0 aromatic heterocycles. The van der Waals surface area contributed by atoms with Gasteiger partial charge in [0.2, 0.25) is 0 Å². The van der Waals surface area contributed by atoms with Crippen molar-refractivity contribution in [1.29, 1.82) is 0 Å². The summed E-state index contributed by atoms with van der Waals surface area (Å²) < 4.78 is 0. The van der Waals surface area contributed by atoms with Crippen LogP contribution in [0.3, 0.4) is 0 Å². The van der Waals surface area contributed by atoms with Crippen molar-refractivity contribution < 1.29 is 0 Å². The van der Waals surface area contributed by atoms with Gasteiger partial charge >= 0.3 is 0 Å². The van der Waals surface area contributed by atoms with Gasteiger partial charge in [0.05, 0.1) is 0 Å². The zero-order valence-electron chi connectivity index (χ0n) is 9.74. The Bertz CT molecular complexity index is 320. The molecule has 2 unspecified atom stereocenters. The predicted octanol–water partition coefficient (Wildman–Crippen LogP) is 3.31. The summed E-state index contributed by atoms with van der Waals surface area (Å²) in [4.78, 5) is 1.19. The van der Waals surface area contributed by atoms with Crippen molar-refractivity contribution in [3.8, 4) is 0 Å². The smallest absolute Gasteiger partial charge is 0.0417 e. The fourth-order valence-electron chi connectivity index (χ4n) is 1.40. The van der Waals surface area contributed by atoms with Gasteiger partial charge in [-0.15, -0.1) is 11.8 Å². The molecule has 1 aromatic rings. The maximum atomic E-state index is 5.93. The Morgan fingerprint density at radius 3 is 2.81 bits per heavy atom. The highest BCUT2D eigenvalue weighted by molar-refractivity contribution is 7.99. The van der Waals surface area contributed by atoms with E-state index in [1.165, 1.54) is 4.90 Å². The van der Waals surface area contributed by atoms with Crippen molar-refractivity contribution >= 4 is 23.4 Å². The highest BCUT2D eigenvalue weighted by atomic mass is 35.5. The minimum atomic E-state index is 0.342. The topological polar surface area (TPSA) is 38.0 Å². The summed E-state index contributed by atoms with van der Waals surface area (Å²) in [6, 6.07) is 8.25. The van der Waals surface area contributed by atoms with E-state index in [0.29, 0.717) is 12.0 Å². The predicted molar refractivity (Wildman–Crippen MR) is 72.7 cm³/mol. The first-order chi connectivity index (χ1) is 7.67. The molecular formula is C12H19ClN2S. The van der Waals surface area contributed by atoms with Gasteiger partial charge in [0, 0.05) is 21.7 Å². The number of thioether (sulfide) groups is 1. The second-order valence-electron chi connectivity index (χ2n) is 3.93. The van der Waals surface area contributed by atoms with Gasteiger partial charge in [0.25, 0.3) is 0 Å². The van der Waals surface area contributed by atoms with Gasteiger partial charge in [0.1, 0.15) is 0 Å². The third kappa shape index (κ3) is 4.34. The minimum absolute atomic E-state index is 0.342. The van der Waals surface area contributed by atoms with E-state index < -0.39 is 0 Å². The lowest BCUT2D eigenvalue weighted by Crippen LogP contribution is -2.41. The lowest BCUT2D eigenvalue weighted by Gasteiger charge is -2.21. The Labute approximate surface area is 107 Å². The van der Waals surface area contributed by atoms with Crippen LogP contribution in [0.5, 0.6) is 0 Å². The first-order valence-electron chi connectivity index (χ1n) is 5.51. The monoisotopic (exact) mass is 258 g/mol. The van der Waals surface area contributed by atoms with Gasteiger partial charge < -0.3 is 0 Å². The van der Waals surface area contributed by atoms with Crippen LogP contribution in [0.25, 0.3) is 0 Å². The first kappa shape index (κ1) is 13.8. The van der Waals surface area contributed by atoms with Crippen LogP contribution in [-0.4, -0.2) is 11.8 Å². The molecule has 0 saturated carbocycles. The number of rotatable bonds is 6. The molecule has 90 valence electrons. The van der Waals surface area contributed by atoms with Crippen LogP contribution >= 0.6 is 23.4 Å². The number of halogens is 1. The second-order valence-corrected chi connectivity index (χ2v) is 5.46. The Balaban J connectivity index is 2.49. The summed E-state index contributed by atoms with van der Waals surface area (Å²) in [7, 11) is 0. The average Bonchev–Trinajstić information content (AvgIpc) is 2.29. The molecule has 0 bridgehead atoms. The molecule has 0 aliphatic rings. The number of hydrogen-bond acceptors (Lipinski definition) is 3. The zero-order valence-corrected chi connectivity index (χ0v) is 11.3. The van der Waals surface area contributed by atoms with Crippen molar-refractivity contribution in [1.82, 2.24) is 5.43 Å². The van der Waals surface area contributed by atoms with Crippen LogP contribution in [0.2, 0.25) is 5.02 Å². The molecule has 3 N–H and O–H groups in total. The van der Waals surface area contributed by atoms with Crippen LogP contribution in [0.1, 0.15) is 20.3 Å². The summed E-state index contributed by atoms with van der Waals surface area (Å²) in [5, 5.41) is 0.783. The van der Waals surface area contributed by atoms with Gasteiger partial charge in [-0.1, -0.05) is 37.9 Å². The molecule has 1 rings (SSSR count). The lowest BCUT2D eigenvalue weighted by atomic mass is 10.0. The number of nitrogens with one attached hydrogen (secondary N) is 1. The van der Waals surface area contributed by atoms with E-state index in [9.17, 15) is 0 Å². The fraction of sp³-hybridized carbons (Fsp3) is 0.500. The maximum absolute atomic E-state index is 5.93.